The van der Waals surface area contributed by atoms with Gasteiger partial charge in [-0.15, -0.1) is 0 Å². The van der Waals surface area contributed by atoms with E-state index in [4.69, 9.17) is 4.74 Å². The molecule has 1 aromatic heterocycles. The van der Waals surface area contributed by atoms with Gasteiger partial charge in [0.2, 0.25) is 0 Å². The van der Waals surface area contributed by atoms with E-state index in [2.05, 4.69) is 15.3 Å². The SMILES string of the molecule is COc1ccccc1N[C@H](C)c1nc2ccccc2c(=O)[nH]1. The fourth-order valence-corrected chi connectivity index (χ4v) is 2.38. The molecule has 5 nitrogen and oxygen atoms in total. The summed E-state index contributed by atoms with van der Waals surface area (Å²) in [5.74, 6) is 1.34. The number of ether oxygens (including phenoxy) is 1. The van der Waals surface area contributed by atoms with Crippen LogP contribution >= 0.6 is 0 Å². The number of aromatic amines is 1. The lowest BCUT2D eigenvalue weighted by molar-refractivity contribution is 0.416. The zero-order chi connectivity index (χ0) is 15.5. The van der Waals surface area contributed by atoms with Crippen LogP contribution in [0.15, 0.2) is 53.3 Å². The number of hydrogen-bond donors (Lipinski definition) is 2. The lowest BCUT2D eigenvalue weighted by Gasteiger charge is -2.17. The fraction of sp³-hybridized carbons (Fsp3) is 0.176. The number of nitrogens with one attached hydrogen (secondary N) is 2. The molecule has 0 unspecified atom stereocenters. The highest BCUT2D eigenvalue weighted by molar-refractivity contribution is 5.77. The lowest BCUT2D eigenvalue weighted by atomic mass is 10.2. The number of para-hydroxylation sites is 3. The van der Waals surface area contributed by atoms with Crippen LogP contribution in [0, 0.1) is 0 Å². The van der Waals surface area contributed by atoms with Gasteiger partial charge in [0.1, 0.15) is 11.6 Å². The van der Waals surface area contributed by atoms with E-state index < -0.39 is 0 Å². The van der Waals surface area contributed by atoms with Gasteiger partial charge >= 0.3 is 0 Å². The average molecular weight is 295 g/mol. The van der Waals surface area contributed by atoms with Gasteiger partial charge in [0, 0.05) is 0 Å². The van der Waals surface area contributed by atoms with Crippen molar-refractivity contribution >= 4 is 16.6 Å². The van der Waals surface area contributed by atoms with Gasteiger partial charge in [0.15, 0.2) is 0 Å². The minimum atomic E-state index is -0.159. The molecule has 22 heavy (non-hydrogen) atoms. The second-order valence-electron chi connectivity index (χ2n) is 5.03. The summed E-state index contributed by atoms with van der Waals surface area (Å²) < 4.78 is 5.32. The van der Waals surface area contributed by atoms with Crippen molar-refractivity contribution in [2.75, 3.05) is 12.4 Å². The second-order valence-corrected chi connectivity index (χ2v) is 5.03. The predicted octanol–water partition coefficient (Wildman–Crippen LogP) is 3.10. The van der Waals surface area contributed by atoms with Gasteiger partial charge in [-0.1, -0.05) is 24.3 Å². The summed E-state index contributed by atoms with van der Waals surface area (Å²) in [6.07, 6.45) is 0. The zero-order valence-electron chi connectivity index (χ0n) is 12.5. The molecule has 112 valence electrons. The summed E-state index contributed by atoms with van der Waals surface area (Å²) in [6.45, 7) is 1.94. The summed E-state index contributed by atoms with van der Waals surface area (Å²) in [6, 6.07) is 14.8. The topological polar surface area (TPSA) is 67.0 Å². The highest BCUT2D eigenvalue weighted by Gasteiger charge is 2.12. The van der Waals surface area contributed by atoms with Gasteiger partial charge in [-0.2, -0.15) is 0 Å². The van der Waals surface area contributed by atoms with Crippen LogP contribution in [-0.2, 0) is 0 Å². The minimum Gasteiger partial charge on any atom is -0.495 e. The van der Waals surface area contributed by atoms with Crippen molar-refractivity contribution in [1.82, 2.24) is 9.97 Å². The largest absolute Gasteiger partial charge is 0.495 e. The van der Waals surface area contributed by atoms with E-state index in [1.807, 2.05) is 49.4 Å². The van der Waals surface area contributed by atoms with E-state index in [-0.39, 0.29) is 11.6 Å². The van der Waals surface area contributed by atoms with Crippen molar-refractivity contribution < 1.29 is 4.74 Å². The van der Waals surface area contributed by atoms with Crippen molar-refractivity contribution in [3.8, 4) is 5.75 Å². The van der Waals surface area contributed by atoms with Crippen LogP contribution in [0.3, 0.4) is 0 Å². The van der Waals surface area contributed by atoms with Gasteiger partial charge in [-0.05, 0) is 31.2 Å². The standard InChI is InChI=1S/C17H17N3O2/c1-11(18-14-9-5-6-10-15(14)22-2)16-19-13-8-4-3-7-12(13)17(21)20-16/h3-11,18H,1-2H3,(H,19,20,21)/t11-/m1/s1. The fourth-order valence-electron chi connectivity index (χ4n) is 2.38. The third-order valence-electron chi connectivity index (χ3n) is 3.52. The molecule has 3 aromatic rings. The quantitative estimate of drug-likeness (QED) is 0.776. The first-order valence-electron chi connectivity index (χ1n) is 7.07. The molecule has 0 aliphatic carbocycles. The van der Waals surface area contributed by atoms with Crippen LogP contribution in [0.25, 0.3) is 10.9 Å². The summed E-state index contributed by atoms with van der Waals surface area (Å²) in [7, 11) is 1.63. The number of H-pyrrole nitrogens is 1. The Kier molecular flexibility index (Phi) is 3.78. The second kappa shape index (κ2) is 5.89. The number of hydrogen-bond acceptors (Lipinski definition) is 4. The lowest BCUT2D eigenvalue weighted by Crippen LogP contribution is -2.18. The molecule has 0 aliphatic rings. The average Bonchev–Trinajstić information content (AvgIpc) is 2.55. The maximum Gasteiger partial charge on any atom is 0.258 e. The molecule has 1 atom stereocenters. The van der Waals surface area contributed by atoms with Crippen LogP contribution in [0.5, 0.6) is 5.75 Å². The van der Waals surface area contributed by atoms with Crippen molar-refractivity contribution in [2.45, 2.75) is 13.0 Å². The summed E-state index contributed by atoms with van der Waals surface area (Å²) >= 11 is 0. The van der Waals surface area contributed by atoms with Crippen molar-refractivity contribution in [3.63, 3.8) is 0 Å². The minimum absolute atomic E-state index is 0.130. The van der Waals surface area contributed by atoms with E-state index in [0.717, 1.165) is 11.4 Å². The smallest absolute Gasteiger partial charge is 0.258 e. The maximum atomic E-state index is 12.1. The summed E-state index contributed by atoms with van der Waals surface area (Å²) in [5, 5.41) is 3.91. The van der Waals surface area contributed by atoms with E-state index in [1.54, 1.807) is 13.2 Å². The third-order valence-corrected chi connectivity index (χ3v) is 3.52. The normalized spacial score (nSPS) is 12.1. The molecule has 2 N–H and O–H groups in total. The number of aromatic nitrogens is 2. The first-order chi connectivity index (χ1) is 10.7. The highest BCUT2D eigenvalue weighted by atomic mass is 16.5. The molecular weight excluding hydrogens is 278 g/mol. The Balaban J connectivity index is 1.95. The van der Waals surface area contributed by atoms with Crippen molar-refractivity contribution in [1.29, 1.82) is 0 Å². The number of rotatable bonds is 4. The first-order valence-corrected chi connectivity index (χ1v) is 7.07. The molecule has 0 fully saturated rings. The molecule has 5 heteroatoms. The van der Waals surface area contributed by atoms with Gasteiger partial charge in [-0.3, -0.25) is 4.79 Å². The molecule has 0 saturated heterocycles. The maximum absolute atomic E-state index is 12.1. The van der Waals surface area contributed by atoms with Crippen LogP contribution in [0.4, 0.5) is 5.69 Å². The van der Waals surface area contributed by atoms with Gasteiger partial charge in [0.25, 0.3) is 5.56 Å². The van der Waals surface area contributed by atoms with Crippen LogP contribution in [0.2, 0.25) is 0 Å². The van der Waals surface area contributed by atoms with E-state index in [1.165, 1.54) is 0 Å². The number of anilines is 1. The summed E-state index contributed by atoms with van der Waals surface area (Å²) in [4.78, 5) is 19.5. The Labute approximate surface area is 128 Å². The van der Waals surface area contributed by atoms with Crippen LogP contribution < -0.4 is 15.6 Å². The molecule has 0 amide bonds. The van der Waals surface area contributed by atoms with Crippen molar-refractivity contribution in [3.05, 3.63) is 64.7 Å². The third kappa shape index (κ3) is 2.65. The molecule has 3 rings (SSSR count). The predicted molar refractivity (Wildman–Crippen MR) is 87.4 cm³/mol. The Hall–Kier alpha value is -2.82. The van der Waals surface area contributed by atoms with Crippen LogP contribution in [0.1, 0.15) is 18.8 Å². The van der Waals surface area contributed by atoms with Gasteiger partial charge < -0.3 is 15.0 Å². The van der Waals surface area contributed by atoms with Gasteiger partial charge in [-0.25, -0.2) is 4.98 Å². The highest BCUT2D eigenvalue weighted by Crippen LogP contribution is 2.26. The molecule has 0 saturated carbocycles. The Bertz CT molecular complexity index is 858. The summed E-state index contributed by atoms with van der Waals surface area (Å²) in [5.41, 5.74) is 1.41. The number of fused-ring (bicyclic) bond motifs is 1. The van der Waals surface area contributed by atoms with E-state index in [0.29, 0.717) is 16.7 Å². The van der Waals surface area contributed by atoms with Gasteiger partial charge in [0.05, 0.1) is 29.7 Å². The molecule has 0 radical (unpaired) electrons. The molecular formula is C17H17N3O2. The molecule has 0 aliphatic heterocycles. The molecule has 0 spiro atoms. The zero-order valence-corrected chi connectivity index (χ0v) is 12.5. The Morgan fingerprint density at radius 1 is 1.14 bits per heavy atom. The first kappa shape index (κ1) is 14.1. The molecule has 1 heterocycles. The number of nitrogens with zero attached hydrogens (tertiary/aromatic N) is 1. The monoisotopic (exact) mass is 295 g/mol. The van der Waals surface area contributed by atoms with Crippen molar-refractivity contribution in [2.24, 2.45) is 0 Å². The Morgan fingerprint density at radius 2 is 1.86 bits per heavy atom. The Morgan fingerprint density at radius 3 is 2.68 bits per heavy atom. The van der Waals surface area contributed by atoms with E-state index in [9.17, 15) is 4.79 Å². The molecule has 0 bridgehead atoms. The van der Waals surface area contributed by atoms with Crippen LogP contribution in [-0.4, -0.2) is 17.1 Å². The number of methoxy groups -OCH3 is 1. The molecule has 2 aromatic carbocycles. The number of benzene rings is 2. The van der Waals surface area contributed by atoms with E-state index >= 15 is 0 Å².